The molecule has 0 radical (unpaired) electrons. The van der Waals surface area contributed by atoms with Crippen LogP contribution in [0.2, 0.25) is 0 Å². The predicted molar refractivity (Wildman–Crippen MR) is 106 cm³/mol. The van der Waals surface area contributed by atoms with Gasteiger partial charge in [0.05, 0.1) is 18.5 Å². The lowest BCUT2D eigenvalue weighted by Gasteiger charge is -2.28. The van der Waals surface area contributed by atoms with Crippen molar-refractivity contribution >= 4 is 41.1 Å². The second-order valence-electron chi connectivity index (χ2n) is 6.33. The van der Waals surface area contributed by atoms with Gasteiger partial charge in [0, 0.05) is 26.0 Å². The minimum Gasteiger partial charge on any atom is -0.497 e. The summed E-state index contributed by atoms with van der Waals surface area (Å²) in [6.45, 7) is 0. The quantitative estimate of drug-likeness (QED) is 0.635. The summed E-state index contributed by atoms with van der Waals surface area (Å²) in [4.78, 5) is 44.2. The van der Waals surface area contributed by atoms with Gasteiger partial charge in [-0.25, -0.2) is 9.69 Å². The van der Waals surface area contributed by atoms with E-state index in [0.29, 0.717) is 17.1 Å². The number of urea groups is 1. The first kappa shape index (κ1) is 19.1. The molecule has 0 unspecified atom stereocenters. The van der Waals surface area contributed by atoms with Crippen LogP contribution in [0.15, 0.2) is 53.5 Å². The van der Waals surface area contributed by atoms with Crippen LogP contribution in [0.3, 0.4) is 0 Å². The Hall–Kier alpha value is -3.68. The van der Waals surface area contributed by atoms with E-state index in [4.69, 9.17) is 4.74 Å². The Bertz CT molecular complexity index is 920. The molecule has 2 aromatic carbocycles. The standard InChI is InChI=1S/C20H20N4O4/c1-23(2)14-6-4-13(5-7-14)21-12-17-18(25)22-20(27)24(19(17)26)15-8-10-16(28-3)11-9-15/h4-12,17H,1-3H3,(H,22,25,27)/t17-/m0/s1. The fourth-order valence-corrected chi connectivity index (χ4v) is 2.70. The number of aliphatic imine (C=N–C) groups is 1. The molecule has 1 saturated heterocycles. The SMILES string of the molecule is COc1ccc(N2C(=O)NC(=O)[C@H](C=Nc3ccc(N(C)C)cc3)C2=O)cc1. The van der Waals surface area contributed by atoms with Gasteiger partial charge in [-0.05, 0) is 48.5 Å². The van der Waals surface area contributed by atoms with Gasteiger partial charge in [-0.15, -0.1) is 0 Å². The topological polar surface area (TPSA) is 91.3 Å². The molecule has 1 heterocycles. The van der Waals surface area contributed by atoms with Gasteiger partial charge in [0.1, 0.15) is 5.75 Å². The highest BCUT2D eigenvalue weighted by atomic mass is 16.5. The summed E-state index contributed by atoms with van der Waals surface area (Å²) in [6.07, 6.45) is 1.26. The van der Waals surface area contributed by atoms with Crippen LogP contribution in [0.4, 0.5) is 21.9 Å². The van der Waals surface area contributed by atoms with Crippen LogP contribution < -0.4 is 19.9 Å². The molecule has 0 spiro atoms. The van der Waals surface area contributed by atoms with Crippen molar-refractivity contribution < 1.29 is 19.1 Å². The van der Waals surface area contributed by atoms with E-state index >= 15 is 0 Å². The van der Waals surface area contributed by atoms with Crippen molar-refractivity contribution in [3.8, 4) is 5.75 Å². The normalized spacial score (nSPS) is 17.0. The van der Waals surface area contributed by atoms with Crippen LogP contribution in [-0.4, -0.2) is 45.3 Å². The maximum Gasteiger partial charge on any atom is 0.335 e. The molecular formula is C20H20N4O4. The van der Waals surface area contributed by atoms with E-state index in [2.05, 4.69) is 10.3 Å². The van der Waals surface area contributed by atoms with Crippen LogP contribution >= 0.6 is 0 Å². The van der Waals surface area contributed by atoms with Gasteiger partial charge in [0.2, 0.25) is 5.91 Å². The van der Waals surface area contributed by atoms with Crippen LogP contribution in [0.5, 0.6) is 5.75 Å². The molecule has 1 atom stereocenters. The van der Waals surface area contributed by atoms with Gasteiger partial charge in [-0.2, -0.15) is 0 Å². The van der Waals surface area contributed by atoms with Crippen molar-refractivity contribution in [3.63, 3.8) is 0 Å². The zero-order valence-corrected chi connectivity index (χ0v) is 15.7. The zero-order valence-electron chi connectivity index (χ0n) is 15.7. The van der Waals surface area contributed by atoms with Crippen LogP contribution in [0, 0.1) is 5.92 Å². The molecule has 8 heteroatoms. The lowest BCUT2D eigenvalue weighted by Crippen LogP contribution is -2.58. The third kappa shape index (κ3) is 3.85. The van der Waals surface area contributed by atoms with Crippen molar-refractivity contribution in [2.24, 2.45) is 10.9 Å². The molecule has 0 aliphatic carbocycles. The van der Waals surface area contributed by atoms with E-state index in [1.165, 1.54) is 13.3 Å². The molecule has 0 bridgehead atoms. The molecule has 2 aromatic rings. The predicted octanol–water partition coefficient (Wildman–Crippen LogP) is 2.36. The lowest BCUT2D eigenvalue weighted by atomic mass is 10.1. The maximum atomic E-state index is 12.8. The van der Waals surface area contributed by atoms with Crippen molar-refractivity contribution in [2.45, 2.75) is 0 Å². The first-order valence-electron chi connectivity index (χ1n) is 8.55. The minimum absolute atomic E-state index is 0.338. The van der Waals surface area contributed by atoms with E-state index in [0.717, 1.165) is 10.6 Å². The van der Waals surface area contributed by atoms with Gasteiger partial charge in [0.25, 0.3) is 5.91 Å². The van der Waals surface area contributed by atoms with Gasteiger partial charge in [0.15, 0.2) is 5.92 Å². The number of hydrogen-bond acceptors (Lipinski definition) is 6. The molecule has 8 nitrogen and oxygen atoms in total. The molecule has 28 heavy (non-hydrogen) atoms. The molecule has 3 rings (SSSR count). The van der Waals surface area contributed by atoms with Gasteiger partial charge in [-0.1, -0.05) is 0 Å². The number of imide groups is 2. The Morgan fingerprint density at radius 1 is 1.04 bits per heavy atom. The van der Waals surface area contributed by atoms with E-state index in [1.807, 2.05) is 31.1 Å². The summed E-state index contributed by atoms with van der Waals surface area (Å²) in [5, 5.41) is 2.20. The number of ether oxygens (including phenoxy) is 1. The van der Waals surface area contributed by atoms with Gasteiger partial charge >= 0.3 is 6.03 Å². The molecule has 1 fully saturated rings. The number of barbiturate groups is 1. The highest BCUT2D eigenvalue weighted by Crippen LogP contribution is 2.24. The minimum atomic E-state index is -1.20. The Kier molecular flexibility index (Phi) is 5.39. The number of amides is 4. The fourth-order valence-electron chi connectivity index (χ4n) is 2.70. The van der Waals surface area contributed by atoms with Crippen LogP contribution in [0.1, 0.15) is 0 Å². The zero-order chi connectivity index (χ0) is 20.3. The fraction of sp³-hybridized carbons (Fsp3) is 0.200. The van der Waals surface area contributed by atoms with E-state index in [1.54, 1.807) is 36.4 Å². The first-order valence-corrected chi connectivity index (χ1v) is 8.55. The highest BCUT2D eigenvalue weighted by Gasteiger charge is 2.40. The van der Waals surface area contributed by atoms with Crippen molar-refractivity contribution in [1.82, 2.24) is 5.32 Å². The molecule has 1 aliphatic heterocycles. The molecule has 0 saturated carbocycles. The summed E-state index contributed by atoms with van der Waals surface area (Å²) in [6, 6.07) is 12.9. The summed E-state index contributed by atoms with van der Waals surface area (Å²) in [7, 11) is 5.37. The van der Waals surface area contributed by atoms with Gasteiger partial charge in [-0.3, -0.25) is 19.9 Å². The van der Waals surface area contributed by atoms with Crippen molar-refractivity contribution in [2.75, 3.05) is 31.0 Å². The second kappa shape index (κ2) is 7.91. The molecule has 4 amide bonds. The van der Waals surface area contributed by atoms with Crippen molar-refractivity contribution in [3.05, 3.63) is 48.5 Å². The molecular weight excluding hydrogens is 360 g/mol. The van der Waals surface area contributed by atoms with E-state index in [9.17, 15) is 14.4 Å². The summed E-state index contributed by atoms with van der Waals surface area (Å²) >= 11 is 0. The number of benzene rings is 2. The molecule has 1 aliphatic rings. The number of rotatable bonds is 5. The summed E-state index contributed by atoms with van der Waals surface area (Å²) in [5.41, 5.74) is 1.94. The molecule has 1 N–H and O–H groups in total. The number of methoxy groups -OCH3 is 1. The second-order valence-corrected chi connectivity index (χ2v) is 6.33. The van der Waals surface area contributed by atoms with Gasteiger partial charge < -0.3 is 9.64 Å². The number of anilines is 2. The third-order valence-electron chi connectivity index (χ3n) is 4.27. The highest BCUT2D eigenvalue weighted by molar-refractivity contribution is 6.32. The number of carbonyl (C=O) groups is 3. The number of nitrogens with zero attached hydrogens (tertiary/aromatic N) is 3. The number of nitrogens with one attached hydrogen (secondary N) is 1. The van der Waals surface area contributed by atoms with E-state index < -0.39 is 23.8 Å². The van der Waals surface area contributed by atoms with Crippen molar-refractivity contribution in [1.29, 1.82) is 0 Å². The Morgan fingerprint density at radius 3 is 2.25 bits per heavy atom. The molecule has 0 aromatic heterocycles. The average Bonchev–Trinajstić information content (AvgIpc) is 2.68. The number of hydrogen-bond donors (Lipinski definition) is 1. The average molecular weight is 380 g/mol. The Balaban J connectivity index is 1.82. The van der Waals surface area contributed by atoms with Crippen LogP contribution in [-0.2, 0) is 9.59 Å². The van der Waals surface area contributed by atoms with E-state index in [-0.39, 0.29) is 0 Å². The Morgan fingerprint density at radius 2 is 1.68 bits per heavy atom. The monoisotopic (exact) mass is 380 g/mol. The summed E-state index contributed by atoms with van der Waals surface area (Å²) in [5.74, 6) is -1.97. The number of carbonyl (C=O) groups excluding carboxylic acids is 3. The largest absolute Gasteiger partial charge is 0.497 e. The smallest absolute Gasteiger partial charge is 0.335 e. The first-order chi connectivity index (χ1) is 13.4. The molecule has 144 valence electrons. The maximum absolute atomic E-state index is 12.8. The van der Waals surface area contributed by atoms with Crippen LogP contribution in [0.25, 0.3) is 0 Å². The Labute approximate surface area is 162 Å². The third-order valence-corrected chi connectivity index (χ3v) is 4.27. The summed E-state index contributed by atoms with van der Waals surface area (Å²) < 4.78 is 5.08. The lowest BCUT2D eigenvalue weighted by molar-refractivity contribution is -0.131.